The van der Waals surface area contributed by atoms with Gasteiger partial charge in [-0.25, -0.2) is 9.59 Å². The van der Waals surface area contributed by atoms with Gasteiger partial charge in [0.1, 0.15) is 11.5 Å². The Morgan fingerprint density at radius 2 is 1.59 bits per heavy atom. The molecule has 0 bridgehead atoms. The predicted molar refractivity (Wildman–Crippen MR) is 120 cm³/mol. The largest absolute Gasteiger partial charge is 0.466 e. The quantitative estimate of drug-likeness (QED) is 0.720. The number of ether oxygens (including phenoxy) is 2. The van der Waals surface area contributed by atoms with Gasteiger partial charge in [-0.2, -0.15) is 5.26 Å². The zero-order valence-corrected chi connectivity index (χ0v) is 18.5. The van der Waals surface area contributed by atoms with E-state index in [0.29, 0.717) is 17.2 Å². The molecule has 0 aromatic heterocycles. The number of nitrogens with zero attached hydrogens (tertiary/aromatic N) is 2. The van der Waals surface area contributed by atoms with Crippen LogP contribution in [0.3, 0.4) is 0 Å². The maximum atomic E-state index is 13.0. The summed E-state index contributed by atoms with van der Waals surface area (Å²) in [6.07, 6.45) is 0. The molecule has 0 amide bonds. The van der Waals surface area contributed by atoms with Crippen molar-refractivity contribution in [1.82, 2.24) is 0 Å². The van der Waals surface area contributed by atoms with E-state index in [9.17, 15) is 14.9 Å². The van der Waals surface area contributed by atoms with E-state index in [1.807, 2.05) is 18.2 Å². The van der Waals surface area contributed by atoms with E-state index in [4.69, 9.17) is 15.2 Å². The summed E-state index contributed by atoms with van der Waals surface area (Å²) in [5, 5.41) is 10.0. The number of hydrogen-bond donors (Lipinski definition) is 1. The molecular weight excluding hydrogens is 406 g/mol. The molecule has 164 valence electrons. The number of esters is 2. The normalized spacial score (nSPS) is 16.1. The number of anilines is 1. The van der Waals surface area contributed by atoms with Gasteiger partial charge in [0, 0.05) is 5.69 Å². The van der Waals surface area contributed by atoms with Gasteiger partial charge in [-0.05, 0) is 29.2 Å². The second-order valence-electron chi connectivity index (χ2n) is 7.58. The Labute approximate surface area is 187 Å². The smallest absolute Gasteiger partial charge is 0.355 e. The van der Waals surface area contributed by atoms with Gasteiger partial charge in [-0.3, -0.25) is 4.90 Å². The summed E-state index contributed by atoms with van der Waals surface area (Å²) in [5.41, 5.74) is 8.75. The molecule has 0 fully saturated rings. The molecule has 0 radical (unpaired) electrons. The first-order valence-corrected chi connectivity index (χ1v) is 10.1. The van der Waals surface area contributed by atoms with Crippen LogP contribution in [0.5, 0.6) is 0 Å². The van der Waals surface area contributed by atoms with Crippen molar-refractivity contribution in [2.75, 3.05) is 19.1 Å². The lowest BCUT2D eigenvalue weighted by Gasteiger charge is -2.36. The summed E-state index contributed by atoms with van der Waals surface area (Å²) in [4.78, 5) is 27.4. The molecule has 7 heteroatoms. The van der Waals surface area contributed by atoms with Gasteiger partial charge in [-0.1, -0.05) is 56.3 Å². The summed E-state index contributed by atoms with van der Waals surface area (Å²) < 4.78 is 10.0. The molecule has 1 aliphatic rings. The van der Waals surface area contributed by atoms with Gasteiger partial charge < -0.3 is 15.2 Å². The van der Waals surface area contributed by atoms with E-state index in [2.05, 4.69) is 19.9 Å². The minimum absolute atomic E-state index is 0.00997. The van der Waals surface area contributed by atoms with Crippen molar-refractivity contribution in [3.8, 4) is 6.07 Å². The van der Waals surface area contributed by atoms with Crippen molar-refractivity contribution >= 4 is 17.6 Å². The predicted octanol–water partition coefficient (Wildman–Crippen LogP) is 3.71. The number of allylic oxidation sites excluding steroid dienone is 1. The fourth-order valence-electron chi connectivity index (χ4n) is 3.79. The highest BCUT2D eigenvalue weighted by molar-refractivity contribution is 6.06. The number of carbonyl (C=O) groups excluding carboxylic acids is 2. The number of carbonyl (C=O) groups is 2. The highest BCUT2D eigenvalue weighted by Gasteiger charge is 2.42. The number of benzene rings is 2. The fourth-order valence-corrected chi connectivity index (χ4v) is 3.79. The molecule has 7 nitrogen and oxygen atoms in total. The van der Waals surface area contributed by atoms with E-state index in [0.717, 1.165) is 5.56 Å². The number of methoxy groups -OCH3 is 2. The molecule has 2 N–H and O–H groups in total. The molecule has 2 aromatic rings. The van der Waals surface area contributed by atoms with Gasteiger partial charge in [0.15, 0.2) is 0 Å². The Hall–Kier alpha value is -4.05. The lowest BCUT2D eigenvalue weighted by atomic mass is 9.81. The number of nitriles is 1. The van der Waals surface area contributed by atoms with E-state index >= 15 is 0 Å². The average molecular weight is 431 g/mol. The van der Waals surface area contributed by atoms with Gasteiger partial charge in [0.2, 0.25) is 0 Å². The minimum atomic E-state index is -0.881. The highest BCUT2D eigenvalue weighted by atomic mass is 16.5. The van der Waals surface area contributed by atoms with Crippen LogP contribution in [-0.4, -0.2) is 26.2 Å². The first-order chi connectivity index (χ1) is 15.3. The minimum Gasteiger partial charge on any atom is -0.466 e. The van der Waals surface area contributed by atoms with Crippen LogP contribution >= 0.6 is 0 Å². The summed E-state index contributed by atoms with van der Waals surface area (Å²) in [7, 11) is 2.45. The van der Waals surface area contributed by atoms with Crippen LogP contribution in [0.25, 0.3) is 0 Å². The van der Waals surface area contributed by atoms with Gasteiger partial charge in [0.25, 0.3) is 0 Å². The summed E-state index contributed by atoms with van der Waals surface area (Å²) >= 11 is 0. The summed E-state index contributed by atoms with van der Waals surface area (Å²) in [6.45, 7) is 4.13. The second kappa shape index (κ2) is 9.40. The van der Waals surface area contributed by atoms with Gasteiger partial charge >= 0.3 is 11.9 Å². The molecule has 0 saturated carbocycles. The molecule has 32 heavy (non-hydrogen) atoms. The molecule has 1 heterocycles. The third kappa shape index (κ3) is 3.95. The molecule has 1 aliphatic heterocycles. The van der Waals surface area contributed by atoms with Crippen molar-refractivity contribution in [3.63, 3.8) is 0 Å². The van der Waals surface area contributed by atoms with Crippen LogP contribution in [0.4, 0.5) is 5.69 Å². The maximum Gasteiger partial charge on any atom is 0.355 e. The van der Waals surface area contributed by atoms with Crippen LogP contribution in [0.15, 0.2) is 77.3 Å². The molecule has 0 aliphatic carbocycles. The summed E-state index contributed by atoms with van der Waals surface area (Å²) in [5.74, 6) is -2.04. The van der Waals surface area contributed by atoms with Crippen molar-refractivity contribution < 1.29 is 19.1 Å². The molecule has 3 rings (SSSR count). The lowest BCUT2D eigenvalue weighted by molar-refractivity contribution is -0.139. The Kier molecular flexibility index (Phi) is 6.64. The lowest BCUT2D eigenvalue weighted by Crippen LogP contribution is -2.40. The standard InChI is InChI=1S/C25H25N3O4/c1-15(2)16-10-12-18(13-11-16)28-22(25(30)32-4)21(24(29)31-3)20(19(14-26)23(28)27)17-8-6-5-7-9-17/h5-13,15,20H,27H2,1-4H3. The third-order valence-corrected chi connectivity index (χ3v) is 5.43. The van der Waals surface area contributed by atoms with Crippen LogP contribution in [0, 0.1) is 11.3 Å². The van der Waals surface area contributed by atoms with Crippen LogP contribution in [0.1, 0.15) is 36.8 Å². The molecule has 1 unspecified atom stereocenters. The average Bonchev–Trinajstić information content (AvgIpc) is 2.82. The maximum absolute atomic E-state index is 13.0. The van der Waals surface area contributed by atoms with Crippen molar-refractivity contribution in [3.05, 3.63) is 88.4 Å². The second-order valence-corrected chi connectivity index (χ2v) is 7.58. The molecule has 2 aromatic carbocycles. The van der Waals surface area contributed by atoms with E-state index in [-0.39, 0.29) is 22.7 Å². The first-order valence-electron chi connectivity index (χ1n) is 10.1. The van der Waals surface area contributed by atoms with Crippen LogP contribution in [0.2, 0.25) is 0 Å². The van der Waals surface area contributed by atoms with E-state index in [1.165, 1.54) is 19.1 Å². The monoisotopic (exact) mass is 431 g/mol. The van der Waals surface area contributed by atoms with Crippen molar-refractivity contribution in [2.24, 2.45) is 5.73 Å². The first kappa shape index (κ1) is 22.6. The highest BCUT2D eigenvalue weighted by Crippen LogP contribution is 2.43. The van der Waals surface area contributed by atoms with E-state index in [1.54, 1.807) is 36.4 Å². The Morgan fingerprint density at radius 3 is 2.09 bits per heavy atom. The van der Waals surface area contributed by atoms with Gasteiger partial charge in [-0.15, -0.1) is 0 Å². The SMILES string of the molecule is COC(=O)C1=C(C(=O)OC)N(c2ccc(C(C)C)cc2)C(N)=C(C#N)C1c1ccccc1. The zero-order chi connectivity index (χ0) is 23.4. The summed E-state index contributed by atoms with van der Waals surface area (Å²) in [6, 6.07) is 18.4. The topological polar surface area (TPSA) is 106 Å². The van der Waals surface area contributed by atoms with Crippen LogP contribution < -0.4 is 10.6 Å². The zero-order valence-electron chi connectivity index (χ0n) is 18.5. The van der Waals surface area contributed by atoms with Crippen LogP contribution in [-0.2, 0) is 19.1 Å². The number of hydrogen-bond acceptors (Lipinski definition) is 7. The number of rotatable bonds is 5. The third-order valence-electron chi connectivity index (χ3n) is 5.43. The molecule has 0 saturated heterocycles. The number of nitrogens with two attached hydrogens (primary N) is 1. The Morgan fingerprint density at radius 1 is 1.00 bits per heavy atom. The Balaban J connectivity index is 2.35. The molecule has 0 spiro atoms. The fraction of sp³-hybridized carbons (Fsp3) is 0.240. The Bertz CT molecular complexity index is 1130. The van der Waals surface area contributed by atoms with Crippen molar-refractivity contribution in [2.45, 2.75) is 25.7 Å². The van der Waals surface area contributed by atoms with E-state index < -0.39 is 17.9 Å². The van der Waals surface area contributed by atoms with Crippen molar-refractivity contribution in [1.29, 1.82) is 5.26 Å². The molecular formula is C25H25N3O4. The van der Waals surface area contributed by atoms with Gasteiger partial charge in [0.05, 0.1) is 37.4 Å². The molecule has 1 atom stereocenters.